The van der Waals surface area contributed by atoms with Crippen molar-refractivity contribution in [1.29, 1.82) is 0 Å². The van der Waals surface area contributed by atoms with Crippen molar-refractivity contribution in [3.8, 4) is 0 Å². The highest BCUT2D eigenvalue weighted by Gasteiger charge is 2.41. The maximum absolute atomic E-state index is 12.3. The van der Waals surface area contributed by atoms with Gasteiger partial charge in [0.2, 0.25) is 10.0 Å². The van der Waals surface area contributed by atoms with E-state index in [2.05, 4.69) is 12.2 Å². The molecular weight excluding hydrogens is 252 g/mol. The molecule has 0 aromatic carbocycles. The quantitative estimate of drug-likeness (QED) is 0.721. The van der Waals surface area contributed by atoms with Crippen molar-refractivity contribution in [3.05, 3.63) is 0 Å². The lowest BCUT2D eigenvalue weighted by molar-refractivity contribution is -0.0241. The van der Waals surface area contributed by atoms with Crippen molar-refractivity contribution >= 4 is 10.0 Å². The Kier molecular flexibility index (Phi) is 5.00. The van der Waals surface area contributed by atoms with Gasteiger partial charge in [0.05, 0.1) is 24.5 Å². The summed E-state index contributed by atoms with van der Waals surface area (Å²) < 4.78 is 32.0. The minimum absolute atomic E-state index is 0.0925. The molecule has 1 aliphatic carbocycles. The first-order valence-corrected chi connectivity index (χ1v) is 8.58. The predicted octanol–water partition coefficient (Wildman–Crippen LogP) is 0.569. The van der Waals surface area contributed by atoms with Gasteiger partial charge in [-0.2, -0.15) is 4.31 Å². The minimum Gasteiger partial charge on any atom is -0.375 e. The van der Waals surface area contributed by atoms with E-state index in [1.54, 1.807) is 4.31 Å². The summed E-state index contributed by atoms with van der Waals surface area (Å²) in [5, 5.41) is 3.15. The van der Waals surface area contributed by atoms with Crippen LogP contribution in [0.5, 0.6) is 0 Å². The number of sulfonamides is 1. The molecule has 1 aliphatic heterocycles. The maximum Gasteiger partial charge on any atom is 0.215 e. The molecule has 18 heavy (non-hydrogen) atoms. The Labute approximate surface area is 110 Å². The Morgan fingerprint density at radius 1 is 1.33 bits per heavy atom. The van der Waals surface area contributed by atoms with Crippen LogP contribution in [0, 0.1) is 0 Å². The van der Waals surface area contributed by atoms with Crippen LogP contribution in [0.3, 0.4) is 0 Å². The van der Waals surface area contributed by atoms with Crippen LogP contribution >= 0.6 is 0 Å². The lowest BCUT2D eigenvalue weighted by Crippen LogP contribution is -2.52. The minimum atomic E-state index is -3.13. The zero-order valence-electron chi connectivity index (χ0n) is 11.1. The van der Waals surface area contributed by atoms with Gasteiger partial charge in [-0.1, -0.05) is 6.92 Å². The number of nitrogens with zero attached hydrogens (tertiary/aromatic N) is 1. The Morgan fingerprint density at radius 2 is 2.17 bits per heavy atom. The van der Waals surface area contributed by atoms with E-state index in [4.69, 9.17) is 4.74 Å². The average molecular weight is 276 g/mol. The van der Waals surface area contributed by atoms with E-state index in [1.807, 2.05) is 0 Å². The van der Waals surface area contributed by atoms with Crippen LogP contribution in [0.25, 0.3) is 0 Å². The van der Waals surface area contributed by atoms with Crippen LogP contribution in [0.15, 0.2) is 0 Å². The second-order valence-electron chi connectivity index (χ2n) is 5.08. The highest BCUT2D eigenvalue weighted by atomic mass is 32.2. The largest absolute Gasteiger partial charge is 0.375 e. The van der Waals surface area contributed by atoms with E-state index in [0.717, 1.165) is 32.2 Å². The molecule has 1 heterocycles. The standard InChI is InChI=1S/C12H24N2O3S/c1-2-6-13-7-10-18(15,16)14-8-9-17-12-5-3-4-11(12)14/h11-13H,2-10H2,1H3. The van der Waals surface area contributed by atoms with E-state index in [-0.39, 0.29) is 17.9 Å². The summed E-state index contributed by atoms with van der Waals surface area (Å²) in [6.07, 6.45) is 4.20. The van der Waals surface area contributed by atoms with Crippen LogP contribution in [0.4, 0.5) is 0 Å². The summed E-state index contributed by atoms with van der Waals surface area (Å²) in [4.78, 5) is 0. The molecular formula is C12H24N2O3S. The van der Waals surface area contributed by atoms with Crippen LogP contribution in [0.1, 0.15) is 32.6 Å². The van der Waals surface area contributed by atoms with E-state index in [9.17, 15) is 8.42 Å². The normalized spacial score (nSPS) is 29.4. The Balaban J connectivity index is 1.91. The van der Waals surface area contributed by atoms with E-state index >= 15 is 0 Å². The van der Waals surface area contributed by atoms with Crippen molar-refractivity contribution < 1.29 is 13.2 Å². The zero-order valence-corrected chi connectivity index (χ0v) is 11.9. The van der Waals surface area contributed by atoms with Gasteiger partial charge in [-0.25, -0.2) is 8.42 Å². The van der Waals surface area contributed by atoms with Gasteiger partial charge in [-0.05, 0) is 32.2 Å². The van der Waals surface area contributed by atoms with Crippen molar-refractivity contribution in [1.82, 2.24) is 9.62 Å². The average Bonchev–Trinajstić information content (AvgIpc) is 2.82. The van der Waals surface area contributed by atoms with Crippen molar-refractivity contribution in [3.63, 3.8) is 0 Å². The molecule has 0 amide bonds. The van der Waals surface area contributed by atoms with Gasteiger partial charge in [0.25, 0.3) is 0 Å². The fourth-order valence-electron chi connectivity index (χ4n) is 2.86. The number of hydrogen-bond donors (Lipinski definition) is 1. The SMILES string of the molecule is CCCNCCS(=O)(=O)N1CCOC2CCCC21. The Bertz CT molecular complexity index is 358. The lowest BCUT2D eigenvalue weighted by atomic mass is 10.2. The molecule has 0 aromatic rings. The number of nitrogens with one attached hydrogen (secondary N) is 1. The molecule has 2 unspecified atom stereocenters. The van der Waals surface area contributed by atoms with Crippen LogP contribution in [-0.4, -0.2) is 56.9 Å². The molecule has 5 nitrogen and oxygen atoms in total. The Hall–Kier alpha value is -0.170. The number of fused-ring (bicyclic) bond motifs is 1. The molecule has 0 bridgehead atoms. The van der Waals surface area contributed by atoms with Gasteiger partial charge >= 0.3 is 0 Å². The molecule has 1 N–H and O–H groups in total. The summed E-state index contributed by atoms with van der Waals surface area (Å²) in [6.45, 7) is 4.57. The van der Waals surface area contributed by atoms with Crippen LogP contribution < -0.4 is 5.32 Å². The van der Waals surface area contributed by atoms with Gasteiger partial charge in [-0.3, -0.25) is 0 Å². The molecule has 6 heteroatoms. The van der Waals surface area contributed by atoms with Gasteiger partial charge in [0.1, 0.15) is 0 Å². The third-order valence-corrected chi connectivity index (χ3v) is 5.64. The first kappa shape index (κ1) is 14.2. The third kappa shape index (κ3) is 3.23. The van der Waals surface area contributed by atoms with Gasteiger partial charge < -0.3 is 10.1 Å². The summed E-state index contributed by atoms with van der Waals surface area (Å²) in [7, 11) is -3.13. The van der Waals surface area contributed by atoms with Crippen molar-refractivity contribution in [2.45, 2.75) is 44.8 Å². The third-order valence-electron chi connectivity index (χ3n) is 3.75. The van der Waals surface area contributed by atoms with Gasteiger partial charge in [-0.15, -0.1) is 0 Å². The maximum atomic E-state index is 12.3. The molecule has 2 rings (SSSR count). The van der Waals surface area contributed by atoms with E-state index in [1.165, 1.54) is 0 Å². The van der Waals surface area contributed by atoms with Crippen LogP contribution in [-0.2, 0) is 14.8 Å². The molecule has 0 aromatic heterocycles. The molecule has 0 spiro atoms. The summed E-state index contributed by atoms with van der Waals surface area (Å²) in [5.41, 5.74) is 0. The van der Waals surface area contributed by atoms with E-state index < -0.39 is 10.0 Å². The summed E-state index contributed by atoms with van der Waals surface area (Å²) >= 11 is 0. The monoisotopic (exact) mass is 276 g/mol. The van der Waals surface area contributed by atoms with Gasteiger partial charge in [0.15, 0.2) is 0 Å². The second kappa shape index (κ2) is 6.32. The smallest absolute Gasteiger partial charge is 0.215 e. The molecule has 0 radical (unpaired) electrons. The second-order valence-corrected chi connectivity index (χ2v) is 7.13. The highest BCUT2D eigenvalue weighted by molar-refractivity contribution is 7.89. The topological polar surface area (TPSA) is 58.6 Å². The summed E-state index contributed by atoms with van der Waals surface area (Å²) in [6, 6.07) is 0.0925. The number of rotatable bonds is 6. The molecule has 1 saturated carbocycles. The van der Waals surface area contributed by atoms with Crippen molar-refractivity contribution in [2.24, 2.45) is 0 Å². The lowest BCUT2D eigenvalue weighted by Gasteiger charge is -2.36. The fraction of sp³-hybridized carbons (Fsp3) is 1.00. The summed E-state index contributed by atoms with van der Waals surface area (Å²) in [5.74, 6) is 0.205. The first-order chi connectivity index (χ1) is 8.65. The molecule has 2 atom stereocenters. The highest BCUT2D eigenvalue weighted by Crippen LogP contribution is 2.31. The number of hydrogen-bond acceptors (Lipinski definition) is 4. The van der Waals surface area contributed by atoms with E-state index in [0.29, 0.717) is 19.7 Å². The molecule has 106 valence electrons. The molecule has 2 aliphatic rings. The number of ether oxygens (including phenoxy) is 1. The zero-order chi connectivity index (χ0) is 13.0. The molecule has 2 fully saturated rings. The molecule has 1 saturated heterocycles. The van der Waals surface area contributed by atoms with Crippen molar-refractivity contribution in [2.75, 3.05) is 32.0 Å². The van der Waals surface area contributed by atoms with Gasteiger partial charge in [0, 0.05) is 13.1 Å². The Morgan fingerprint density at radius 3 is 2.94 bits per heavy atom. The first-order valence-electron chi connectivity index (χ1n) is 6.97. The fourth-order valence-corrected chi connectivity index (χ4v) is 4.50. The van der Waals surface area contributed by atoms with Crippen LogP contribution in [0.2, 0.25) is 0 Å². The number of morpholine rings is 1. The predicted molar refractivity (Wildman–Crippen MR) is 71.0 cm³/mol.